The first kappa shape index (κ1) is 18.7. The highest BCUT2D eigenvalue weighted by atomic mass is 16.6. The summed E-state index contributed by atoms with van der Waals surface area (Å²) in [6.45, 7) is 1.27. The van der Waals surface area contributed by atoms with Crippen LogP contribution in [0.25, 0.3) is 0 Å². The molecule has 2 rings (SSSR count). The number of rotatable bonds is 8. The van der Waals surface area contributed by atoms with Crippen molar-refractivity contribution in [3.8, 4) is 5.75 Å². The second-order valence-corrected chi connectivity index (χ2v) is 5.25. The summed E-state index contributed by atoms with van der Waals surface area (Å²) >= 11 is 0. The molecule has 1 unspecified atom stereocenters. The van der Waals surface area contributed by atoms with Crippen LogP contribution in [0.2, 0.25) is 0 Å². The third-order valence-electron chi connectivity index (χ3n) is 3.29. The zero-order chi connectivity index (χ0) is 19.1. The molecule has 9 nitrogen and oxygen atoms in total. The summed E-state index contributed by atoms with van der Waals surface area (Å²) in [5.74, 6) is -1.96. The highest BCUT2D eigenvalue weighted by Crippen LogP contribution is 2.32. The van der Waals surface area contributed by atoms with Crippen molar-refractivity contribution in [2.45, 2.75) is 19.6 Å². The number of hydrogen-bond donors (Lipinski definition) is 1. The zero-order valence-corrected chi connectivity index (χ0v) is 13.7. The van der Waals surface area contributed by atoms with E-state index in [2.05, 4.69) is 10.2 Å². The number of Topliss-reactive ketones (excluding diaryl/α,β-unsaturated/α-hetero) is 1. The number of carbonyl (C=O) groups is 2. The second-order valence-electron chi connectivity index (χ2n) is 5.25. The van der Waals surface area contributed by atoms with Crippen LogP contribution in [0.15, 0.2) is 58.8 Å². The van der Waals surface area contributed by atoms with Gasteiger partial charge in [0.25, 0.3) is 5.69 Å². The van der Waals surface area contributed by atoms with Gasteiger partial charge in [0.1, 0.15) is 12.4 Å². The van der Waals surface area contributed by atoms with Gasteiger partial charge in [0.2, 0.25) is 6.04 Å². The molecule has 0 heterocycles. The molecule has 1 atom stereocenters. The number of benzene rings is 2. The lowest BCUT2D eigenvalue weighted by Crippen LogP contribution is -2.25. The van der Waals surface area contributed by atoms with Crippen LogP contribution >= 0.6 is 0 Å². The molecule has 0 saturated carbocycles. The second kappa shape index (κ2) is 8.47. The maximum absolute atomic E-state index is 11.2. The Bertz CT molecular complexity index is 837. The molecule has 1 N–H and O–H groups in total. The predicted molar refractivity (Wildman–Crippen MR) is 90.5 cm³/mol. The molecule has 2 aromatic rings. The Balaban J connectivity index is 2.21. The van der Waals surface area contributed by atoms with Crippen LogP contribution in [0.4, 0.5) is 11.4 Å². The molecule has 0 aliphatic heterocycles. The van der Waals surface area contributed by atoms with Crippen LogP contribution in [0.1, 0.15) is 12.5 Å². The van der Waals surface area contributed by atoms with Gasteiger partial charge in [0.15, 0.2) is 11.5 Å². The number of ether oxygens (including phenoxy) is 1. The lowest BCUT2D eigenvalue weighted by Gasteiger charge is -2.07. The fourth-order valence-corrected chi connectivity index (χ4v) is 1.99. The molecule has 0 amide bonds. The summed E-state index contributed by atoms with van der Waals surface area (Å²) < 4.78 is 5.51. The van der Waals surface area contributed by atoms with Gasteiger partial charge in [-0.3, -0.25) is 14.9 Å². The maximum Gasteiger partial charge on any atom is 0.338 e. The van der Waals surface area contributed by atoms with Gasteiger partial charge in [0.05, 0.1) is 11.0 Å². The van der Waals surface area contributed by atoms with Crippen LogP contribution in [0.3, 0.4) is 0 Å². The van der Waals surface area contributed by atoms with Crippen molar-refractivity contribution in [3.05, 3.63) is 64.2 Å². The minimum absolute atomic E-state index is 0.172. The maximum atomic E-state index is 11.2. The van der Waals surface area contributed by atoms with Crippen LogP contribution in [-0.4, -0.2) is 27.8 Å². The minimum Gasteiger partial charge on any atom is -0.489 e. The van der Waals surface area contributed by atoms with E-state index < -0.39 is 28.4 Å². The SMILES string of the molecule is CC(=O)C(/N=N/c1ccc(OCc2ccccc2)cc1[N+](=O)[O-])C(=O)O. The van der Waals surface area contributed by atoms with Crippen molar-refractivity contribution in [2.24, 2.45) is 10.2 Å². The third-order valence-corrected chi connectivity index (χ3v) is 3.29. The predicted octanol–water partition coefficient (Wildman–Crippen LogP) is 3.30. The van der Waals surface area contributed by atoms with Gasteiger partial charge < -0.3 is 9.84 Å². The highest BCUT2D eigenvalue weighted by molar-refractivity contribution is 6.01. The van der Waals surface area contributed by atoms with Crippen molar-refractivity contribution in [2.75, 3.05) is 0 Å². The first-order valence-corrected chi connectivity index (χ1v) is 7.47. The van der Waals surface area contributed by atoms with Crippen LogP contribution in [0, 0.1) is 10.1 Å². The lowest BCUT2D eigenvalue weighted by atomic mass is 10.2. The Morgan fingerprint density at radius 1 is 1.23 bits per heavy atom. The van der Waals surface area contributed by atoms with E-state index in [-0.39, 0.29) is 18.0 Å². The van der Waals surface area contributed by atoms with Crippen LogP contribution in [-0.2, 0) is 16.2 Å². The van der Waals surface area contributed by atoms with E-state index in [1.54, 1.807) is 0 Å². The van der Waals surface area contributed by atoms with Gasteiger partial charge in [-0.2, -0.15) is 5.11 Å². The molecular formula is C17H15N3O6. The first-order chi connectivity index (χ1) is 12.4. The van der Waals surface area contributed by atoms with E-state index >= 15 is 0 Å². The zero-order valence-electron chi connectivity index (χ0n) is 13.7. The smallest absolute Gasteiger partial charge is 0.338 e. The Kier molecular flexibility index (Phi) is 6.10. The largest absolute Gasteiger partial charge is 0.489 e. The van der Waals surface area contributed by atoms with Gasteiger partial charge in [-0.1, -0.05) is 30.3 Å². The van der Waals surface area contributed by atoms with Crippen molar-refractivity contribution >= 4 is 23.1 Å². The number of nitro groups is 1. The molecule has 26 heavy (non-hydrogen) atoms. The van der Waals surface area contributed by atoms with Gasteiger partial charge in [0, 0.05) is 0 Å². The number of aliphatic carboxylic acids is 1. The monoisotopic (exact) mass is 357 g/mol. The average Bonchev–Trinajstić information content (AvgIpc) is 2.60. The molecule has 2 aromatic carbocycles. The first-order valence-electron chi connectivity index (χ1n) is 7.47. The van der Waals surface area contributed by atoms with Crippen molar-refractivity contribution in [1.29, 1.82) is 0 Å². The molecular weight excluding hydrogens is 342 g/mol. The average molecular weight is 357 g/mol. The summed E-state index contributed by atoms with van der Waals surface area (Å²) in [5.41, 5.74) is 0.311. The van der Waals surface area contributed by atoms with Crippen molar-refractivity contribution in [3.63, 3.8) is 0 Å². The van der Waals surface area contributed by atoms with Gasteiger partial charge in [-0.25, -0.2) is 4.79 Å². The fourth-order valence-electron chi connectivity index (χ4n) is 1.99. The third kappa shape index (κ3) is 4.94. The van der Waals surface area contributed by atoms with E-state index in [9.17, 15) is 19.7 Å². The minimum atomic E-state index is -1.70. The summed E-state index contributed by atoms with van der Waals surface area (Å²) in [6.07, 6.45) is 0. The van der Waals surface area contributed by atoms with Crippen molar-refractivity contribution in [1.82, 2.24) is 0 Å². The Labute approximate surface area is 148 Å². The number of nitrogens with zero attached hydrogens (tertiary/aromatic N) is 3. The molecule has 9 heteroatoms. The van der Waals surface area contributed by atoms with Gasteiger partial charge in [-0.15, -0.1) is 5.11 Å². The Morgan fingerprint density at radius 2 is 1.92 bits per heavy atom. The number of carboxylic acids is 1. The summed E-state index contributed by atoms with van der Waals surface area (Å²) in [7, 11) is 0. The number of carboxylic acid groups (broad SMARTS) is 1. The Hall–Kier alpha value is -3.62. The molecule has 0 spiro atoms. The van der Waals surface area contributed by atoms with E-state index in [1.807, 2.05) is 30.3 Å². The number of azo groups is 1. The van der Waals surface area contributed by atoms with E-state index in [0.717, 1.165) is 12.5 Å². The molecule has 0 aliphatic carbocycles. The van der Waals surface area contributed by atoms with Crippen LogP contribution in [0.5, 0.6) is 5.75 Å². The van der Waals surface area contributed by atoms with E-state index in [1.165, 1.54) is 18.2 Å². The van der Waals surface area contributed by atoms with Crippen LogP contribution < -0.4 is 4.74 Å². The highest BCUT2D eigenvalue weighted by Gasteiger charge is 2.23. The van der Waals surface area contributed by atoms with E-state index in [0.29, 0.717) is 0 Å². The summed E-state index contributed by atoms with van der Waals surface area (Å²) in [5, 5.41) is 27.1. The molecule has 0 aliphatic rings. The van der Waals surface area contributed by atoms with Crippen molar-refractivity contribution < 1.29 is 24.4 Å². The number of ketones is 1. The summed E-state index contributed by atoms with van der Waals surface area (Å²) in [4.78, 5) is 32.7. The molecule has 0 radical (unpaired) electrons. The van der Waals surface area contributed by atoms with Gasteiger partial charge >= 0.3 is 5.97 Å². The van der Waals surface area contributed by atoms with Gasteiger partial charge in [-0.05, 0) is 24.6 Å². The molecule has 0 aromatic heterocycles. The lowest BCUT2D eigenvalue weighted by molar-refractivity contribution is -0.384. The number of carbonyl (C=O) groups excluding carboxylic acids is 1. The quantitative estimate of drug-likeness (QED) is 0.334. The number of nitro benzene ring substituents is 1. The molecule has 0 saturated heterocycles. The standard InChI is InChI=1S/C17H15N3O6/c1-11(21)16(17(22)23)19-18-14-8-7-13(9-15(14)20(24)25)26-10-12-5-3-2-4-6-12/h2-9,16H,10H2,1H3,(H,22,23)/b19-18+. The summed E-state index contributed by atoms with van der Waals surface area (Å²) in [6, 6.07) is 11.4. The normalized spacial score (nSPS) is 11.9. The number of hydrogen-bond acceptors (Lipinski definition) is 7. The molecule has 0 bridgehead atoms. The topological polar surface area (TPSA) is 131 Å². The Morgan fingerprint density at radius 3 is 2.50 bits per heavy atom. The molecule has 0 fully saturated rings. The van der Waals surface area contributed by atoms with E-state index in [4.69, 9.17) is 9.84 Å². The fraction of sp³-hybridized carbons (Fsp3) is 0.176. The molecule has 134 valence electrons.